The summed E-state index contributed by atoms with van der Waals surface area (Å²) in [4.78, 5) is 4.67. The van der Waals surface area contributed by atoms with Crippen LogP contribution < -0.4 is 0 Å². The van der Waals surface area contributed by atoms with Gasteiger partial charge < -0.3 is 4.52 Å². The molecule has 158 valence electrons. The second-order valence-corrected chi connectivity index (χ2v) is 8.92. The summed E-state index contributed by atoms with van der Waals surface area (Å²) in [5, 5.41) is 9.05. The predicted octanol–water partition coefficient (Wildman–Crippen LogP) is 6.23. The standard InChI is InChI=1S/C26H28N4O/c1-7-11-21-17(2)14-19(15-18(21)3)24-27-25(31-29-24)22-16-23(26(4,5)6)30(28-22)20-12-9-8-10-13-20/h7-10,12-16H,1,11H2,2-6H3. The minimum atomic E-state index is -0.0981. The van der Waals surface area contributed by atoms with Gasteiger partial charge in [-0.25, -0.2) is 4.68 Å². The van der Waals surface area contributed by atoms with Crippen LogP contribution >= 0.6 is 0 Å². The maximum Gasteiger partial charge on any atom is 0.278 e. The van der Waals surface area contributed by atoms with Gasteiger partial charge in [0.05, 0.1) is 11.4 Å². The second kappa shape index (κ2) is 7.99. The van der Waals surface area contributed by atoms with Gasteiger partial charge in [-0.2, -0.15) is 10.1 Å². The number of benzene rings is 2. The molecule has 4 rings (SSSR count). The molecule has 5 nitrogen and oxygen atoms in total. The largest absolute Gasteiger partial charge is 0.332 e. The molecule has 4 aromatic rings. The summed E-state index contributed by atoms with van der Waals surface area (Å²) in [6.45, 7) is 14.6. The van der Waals surface area contributed by atoms with E-state index in [1.165, 1.54) is 16.7 Å². The summed E-state index contributed by atoms with van der Waals surface area (Å²) >= 11 is 0. The first-order valence-corrected chi connectivity index (χ1v) is 10.5. The van der Waals surface area contributed by atoms with Crippen molar-refractivity contribution in [2.24, 2.45) is 0 Å². The third-order valence-corrected chi connectivity index (χ3v) is 5.43. The first-order valence-electron chi connectivity index (χ1n) is 10.5. The number of para-hydroxylation sites is 1. The first-order chi connectivity index (χ1) is 14.8. The van der Waals surface area contributed by atoms with E-state index in [-0.39, 0.29) is 5.41 Å². The average Bonchev–Trinajstić information content (AvgIpc) is 3.38. The topological polar surface area (TPSA) is 56.7 Å². The van der Waals surface area contributed by atoms with E-state index in [1.54, 1.807) is 0 Å². The van der Waals surface area contributed by atoms with Gasteiger partial charge in [-0.05, 0) is 67.3 Å². The van der Waals surface area contributed by atoms with Crippen LogP contribution in [0.25, 0.3) is 28.7 Å². The lowest BCUT2D eigenvalue weighted by molar-refractivity contribution is 0.430. The molecule has 0 amide bonds. The highest BCUT2D eigenvalue weighted by Crippen LogP contribution is 2.31. The van der Waals surface area contributed by atoms with E-state index in [0.29, 0.717) is 17.4 Å². The Balaban J connectivity index is 1.75. The Bertz CT molecular complexity index is 1200. The quantitative estimate of drug-likeness (QED) is 0.365. The smallest absolute Gasteiger partial charge is 0.278 e. The molecule has 0 N–H and O–H groups in total. The molecule has 5 heteroatoms. The molecule has 0 aliphatic carbocycles. The molecule has 0 radical (unpaired) electrons. The van der Waals surface area contributed by atoms with Crippen LogP contribution in [0, 0.1) is 13.8 Å². The summed E-state index contributed by atoms with van der Waals surface area (Å²) in [5.74, 6) is 0.985. The minimum Gasteiger partial charge on any atom is -0.332 e. The number of nitrogens with zero attached hydrogens (tertiary/aromatic N) is 4. The lowest BCUT2D eigenvalue weighted by atomic mass is 9.91. The number of rotatable bonds is 5. The summed E-state index contributed by atoms with van der Waals surface area (Å²) in [5.41, 5.74) is 7.28. The maximum atomic E-state index is 5.63. The average molecular weight is 413 g/mol. The van der Waals surface area contributed by atoms with Gasteiger partial charge >= 0.3 is 0 Å². The van der Waals surface area contributed by atoms with Gasteiger partial charge in [0.2, 0.25) is 5.82 Å². The number of hydrogen-bond donors (Lipinski definition) is 0. The van der Waals surface area contributed by atoms with Gasteiger partial charge in [0.15, 0.2) is 5.69 Å². The number of aryl methyl sites for hydroxylation is 2. The zero-order valence-electron chi connectivity index (χ0n) is 18.8. The molecule has 0 aliphatic heterocycles. The highest BCUT2D eigenvalue weighted by atomic mass is 16.5. The van der Waals surface area contributed by atoms with E-state index in [1.807, 2.05) is 47.2 Å². The van der Waals surface area contributed by atoms with Crippen LogP contribution in [-0.4, -0.2) is 19.9 Å². The molecule has 31 heavy (non-hydrogen) atoms. The molecule has 2 aromatic carbocycles. The van der Waals surface area contributed by atoms with Crippen LogP contribution in [0.1, 0.15) is 43.2 Å². The van der Waals surface area contributed by atoms with E-state index in [0.717, 1.165) is 23.4 Å². The Labute approximate surface area is 183 Å². The summed E-state index contributed by atoms with van der Waals surface area (Å²) in [7, 11) is 0. The van der Waals surface area contributed by atoms with Gasteiger partial charge in [-0.3, -0.25) is 0 Å². The fourth-order valence-electron chi connectivity index (χ4n) is 3.82. The van der Waals surface area contributed by atoms with Crippen molar-refractivity contribution in [1.82, 2.24) is 19.9 Å². The fraction of sp³-hybridized carbons (Fsp3) is 0.269. The van der Waals surface area contributed by atoms with Crippen LogP contribution in [0.3, 0.4) is 0 Å². The number of allylic oxidation sites excluding steroid dienone is 1. The van der Waals surface area contributed by atoms with Crippen molar-refractivity contribution in [3.05, 3.63) is 83.6 Å². The molecule has 0 fully saturated rings. The highest BCUT2D eigenvalue weighted by molar-refractivity contribution is 5.62. The van der Waals surface area contributed by atoms with E-state index in [9.17, 15) is 0 Å². The number of aromatic nitrogens is 4. The van der Waals surface area contributed by atoms with Gasteiger partial charge in [0.1, 0.15) is 0 Å². The molecular weight excluding hydrogens is 384 g/mol. The van der Waals surface area contributed by atoms with Crippen molar-refractivity contribution in [2.45, 2.75) is 46.5 Å². The molecule has 0 saturated carbocycles. The molecule has 2 heterocycles. The first kappa shape index (κ1) is 20.8. The Morgan fingerprint density at radius 3 is 2.32 bits per heavy atom. The van der Waals surface area contributed by atoms with E-state index >= 15 is 0 Å². The molecule has 0 aliphatic rings. The van der Waals surface area contributed by atoms with E-state index < -0.39 is 0 Å². The molecule has 0 unspecified atom stereocenters. The van der Waals surface area contributed by atoms with E-state index in [2.05, 4.69) is 63.5 Å². The Morgan fingerprint density at radius 1 is 1.03 bits per heavy atom. The van der Waals surface area contributed by atoms with Crippen LogP contribution in [0.2, 0.25) is 0 Å². The third-order valence-electron chi connectivity index (χ3n) is 5.43. The predicted molar refractivity (Wildman–Crippen MR) is 124 cm³/mol. The zero-order valence-corrected chi connectivity index (χ0v) is 18.8. The molecule has 0 spiro atoms. The minimum absolute atomic E-state index is 0.0981. The maximum absolute atomic E-state index is 5.63. The Kier molecular flexibility index (Phi) is 5.36. The van der Waals surface area contributed by atoms with Crippen molar-refractivity contribution in [3.63, 3.8) is 0 Å². The number of hydrogen-bond acceptors (Lipinski definition) is 4. The summed E-state index contributed by atoms with van der Waals surface area (Å²) in [6.07, 6.45) is 2.78. The molecule has 2 aromatic heterocycles. The second-order valence-electron chi connectivity index (χ2n) is 8.92. The monoisotopic (exact) mass is 412 g/mol. The van der Waals surface area contributed by atoms with Gasteiger partial charge in [-0.1, -0.05) is 50.2 Å². The van der Waals surface area contributed by atoms with Crippen molar-refractivity contribution < 1.29 is 4.52 Å². The Hall–Kier alpha value is -3.47. The van der Waals surface area contributed by atoms with Crippen LogP contribution in [0.5, 0.6) is 0 Å². The SMILES string of the molecule is C=CCc1c(C)cc(-c2noc(-c3cc(C(C)(C)C)n(-c4ccccc4)n3)n2)cc1C. The van der Waals surface area contributed by atoms with Crippen LogP contribution in [0.4, 0.5) is 0 Å². The lowest BCUT2D eigenvalue weighted by Crippen LogP contribution is -2.17. The van der Waals surface area contributed by atoms with Gasteiger partial charge in [0, 0.05) is 11.0 Å². The van der Waals surface area contributed by atoms with Crippen molar-refractivity contribution in [3.8, 4) is 28.7 Å². The third kappa shape index (κ3) is 4.08. The fourth-order valence-corrected chi connectivity index (χ4v) is 3.82. The van der Waals surface area contributed by atoms with Crippen molar-refractivity contribution >= 4 is 0 Å². The zero-order chi connectivity index (χ0) is 22.2. The van der Waals surface area contributed by atoms with Gasteiger partial charge in [-0.15, -0.1) is 6.58 Å². The van der Waals surface area contributed by atoms with E-state index in [4.69, 9.17) is 9.62 Å². The Morgan fingerprint density at radius 2 is 1.71 bits per heavy atom. The van der Waals surface area contributed by atoms with Crippen molar-refractivity contribution in [2.75, 3.05) is 0 Å². The molecule has 0 saturated heterocycles. The summed E-state index contributed by atoms with van der Waals surface area (Å²) in [6, 6.07) is 16.3. The van der Waals surface area contributed by atoms with Gasteiger partial charge in [0.25, 0.3) is 5.89 Å². The molecule has 0 bridgehead atoms. The summed E-state index contributed by atoms with van der Waals surface area (Å²) < 4.78 is 7.58. The lowest BCUT2D eigenvalue weighted by Gasteiger charge is -2.20. The molecule has 0 atom stereocenters. The highest BCUT2D eigenvalue weighted by Gasteiger charge is 2.24. The molecular formula is C26H28N4O. The van der Waals surface area contributed by atoms with Crippen LogP contribution in [0.15, 0.2) is 65.7 Å². The van der Waals surface area contributed by atoms with Crippen molar-refractivity contribution in [1.29, 1.82) is 0 Å². The van der Waals surface area contributed by atoms with Crippen LogP contribution in [-0.2, 0) is 11.8 Å². The normalized spacial score (nSPS) is 11.6.